The van der Waals surface area contributed by atoms with Crippen molar-refractivity contribution in [1.29, 1.82) is 0 Å². The Morgan fingerprint density at radius 1 is 1.00 bits per heavy atom. The summed E-state index contributed by atoms with van der Waals surface area (Å²) in [6.07, 6.45) is 11.3. The van der Waals surface area contributed by atoms with Crippen molar-refractivity contribution in [3.63, 3.8) is 0 Å². The minimum Gasteiger partial charge on any atom is -0.494 e. The Labute approximate surface area is 167 Å². The van der Waals surface area contributed by atoms with E-state index >= 15 is 0 Å². The van der Waals surface area contributed by atoms with Gasteiger partial charge in [-0.3, -0.25) is 9.08 Å². The Balaban J connectivity index is 1.60. The molecule has 5 aromatic rings. The van der Waals surface area contributed by atoms with E-state index in [0.29, 0.717) is 5.75 Å². The van der Waals surface area contributed by atoms with Gasteiger partial charge in [0.15, 0.2) is 0 Å². The van der Waals surface area contributed by atoms with Crippen LogP contribution in [0.1, 0.15) is 16.8 Å². The lowest BCUT2D eigenvalue weighted by atomic mass is 10.1. The molecule has 0 spiro atoms. The van der Waals surface area contributed by atoms with Gasteiger partial charge in [-0.1, -0.05) is 5.92 Å². The molecule has 0 aliphatic heterocycles. The van der Waals surface area contributed by atoms with Crippen molar-refractivity contribution in [3.8, 4) is 28.7 Å². The minimum absolute atomic E-state index is 0.710. The summed E-state index contributed by atoms with van der Waals surface area (Å²) in [6, 6.07) is 6.05. The fourth-order valence-electron chi connectivity index (χ4n) is 3.37. The van der Waals surface area contributed by atoms with Crippen molar-refractivity contribution in [3.05, 3.63) is 72.2 Å². The number of hydrogen-bond acceptors (Lipinski definition) is 4. The number of pyridine rings is 2. The van der Waals surface area contributed by atoms with E-state index in [4.69, 9.17) is 4.74 Å². The molecule has 5 heterocycles. The number of methoxy groups -OCH3 is 1. The molecule has 7 heteroatoms. The molecule has 142 valence electrons. The highest BCUT2D eigenvalue weighted by molar-refractivity contribution is 5.75. The summed E-state index contributed by atoms with van der Waals surface area (Å²) < 4.78 is 11.2. The van der Waals surface area contributed by atoms with Crippen LogP contribution in [0.3, 0.4) is 0 Å². The number of hydrogen-bond donors (Lipinski definition) is 0. The number of ether oxygens (including phenoxy) is 1. The Morgan fingerprint density at radius 3 is 2.69 bits per heavy atom. The molecule has 7 nitrogen and oxygen atoms in total. The van der Waals surface area contributed by atoms with E-state index in [1.165, 1.54) is 5.56 Å². The molecular weight excluding hydrogens is 364 g/mol. The highest BCUT2D eigenvalue weighted by Gasteiger charge is 2.12. The standard InChI is InChI=1S/C22H18N6O/c1-15-6-7-27-19(12-23-21(27)8-15)5-4-16-10-25-28-14-17(9-20(29-3)22(16)28)18-11-24-26(2)13-18/h6-14H,1-3H3. The second-order valence-corrected chi connectivity index (χ2v) is 6.88. The summed E-state index contributed by atoms with van der Waals surface area (Å²) in [5.74, 6) is 7.15. The third-order valence-corrected chi connectivity index (χ3v) is 4.83. The van der Waals surface area contributed by atoms with Crippen LogP contribution in [0.2, 0.25) is 0 Å². The minimum atomic E-state index is 0.710. The van der Waals surface area contributed by atoms with E-state index in [2.05, 4.69) is 27.0 Å². The van der Waals surface area contributed by atoms with Gasteiger partial charge >= 0.3 is 0 Å². The second-order valence-electron chi connectivity index (χ2n) is 6.88. The average molecular weight is 382 g/mol. The molecule has 0 aliphatic carbocycles. The number of aromatic nitrogens is 6. The van der Waals surface area contributed by atoms with Crippen LogP contribution in [-0.2, 0) is 7.05 Å². The van der Waals surface area contributed by atoms with Crippen molar-refractivity contribution in [2.24, 2.45) is 7.05 Å². The molecule has 0 radical (unpaired) electrons. The predicted molar refractivity (Wildman–Crippen MR) is 110 cm³/mol. The Hall–Kier alpha value is -4.05. The van der Waals surface area contributed by atoms with Gasteiger partial charge in [0, 0.05) is 36.8 Å². The monoisotopic (exact) mass is 382 g/mol. The predicted octanol–water partition coefficient (Wildman–Crippen LogP) is 3.10. The van der Waals surface area contributed by atoms with Gasteiger partial charge in [0.05, 0.1) is 31.3 Å². The molecule has 29 heavy (non-hydrogen) atoms. The van der Waals surface area contributed by atoms with Gasteiger partial charge in [0.25, 0.3) is 0 Å². The first kappa shape index (κ1) is 17.1. The smallest absolute Gasteiger partial charge is 0.146 e. The maximum Gasteiger partial charge on any atom is 0.146 e. The van der Waals surface area contributed by atoms with Gasteiger partial charge in [-0.15, -0.1) is 0 Å². The van der Waals surface area contributed by atoms with Crippen molar-refractivity contribution in [2.45, 2.75) is 6.92 Å². The molecule has 5 aromatic heterocycles. The summed E-state index contributed by atoms with van der Waals surface area (Å²) in [6.45, 7) is 2.05. The van der Waals surface area contributed by atoms with Gasteiger partial charge in [-0.05, 0) is 36.6 Å². The third kappa shape index (κ3) is 2.91. The highest BCUT2D eigenvalue weighted by Crippen LogP contribution is 2.29. The number of fused-ring (bicyclic) bond motifs is 2. The molecule has 0 bridgehead atoms. The molecule has 0 atom stereocenters. The van der Waals surface area contributed by atoms with E-state index < -0.39 is 0 Å². The molecule has 0 saturated heterocycles. The van der Waals surface area contributed by atoms with Gasteiger partial charge in [0.1, 0.15) is 22.6 Å². The van der Waals surface area contributed by atoms with Crippen molar-refractivity contribution >= 4 is 11.2 Å². The molecule has 0 fully saturated rings. The fraction of sp³-hybridized carbons (Fsp3) is 0.136. The van der Waals surface area contributed by atoms with Gasteiger partial charge in [-0.2, -0.15) is 10.2 Å². The number of rotatable bonds is 2. The molecule has 5 rings (SSSR count). The molecule has 0 unspecified atom stereocenters. The summed E-state index contributed by atoms with van der Waals surface area (Å²) in [5.41, 5.74) is 6.47. The summed E-state index contributed by atoms with van der Waals surface area (Å²) >= 11 is 0. The average Bonchev–Trinajstić information content (AvgIpc) is 3.43. The van der Waals surface area contributed by atoms with Crippen molar-refractivity contribution in [2.75, 3.05) is 7.11 Å². The lowest BCUT2D eigenvalue weighted by Crippen LogP contribution is -1.94. The zero-order valence-electron chi connectivity index (χ0n) is 16.3. The van der Waals surface area contributed by atoms with Crippen LogP contribution >= 0.6 is 0 Å². The number of nitrogens with zero attached hydrogens (tertiary/aromatic N) is 6. The lowest BCUT2D eigenvalue weighted by Gasteiger charge is -2.06. The highest BCUT2D eigenvalue weighted by atomic mass is 16.5. The van der Waals surface area contributed by atoms with Gasteiger partial charge < -0.3 is 4.74 Å². The number of aryl methyl sites for hydroxylation is 2. The fourth-order valence-corrected chi connectivity index (χ4v) is 3.37. The Bertz CT molecular complexity index is 1430. The number of imidazole rings is 1. The molecule has 0 amide bonds. The quantitative estimate of drug-likeness (QED) is 0.440. The second kappa shape index (κ2) is 6.53. The lowest BCUT2D eigenvalue weighted by molar-refractivity contribution is 0.417. The first-order valence-electron chi connectivity index (χ1n) is 9.12. The SMILES string of the molecule is COc1cc(-c2cnn(C)c2)cn2ncc(C#Cc3cnc4cc(C)ccn34)c12. The van der Waals surface area contributed by atoms with Crippen molar-refractivity contribution < 1.29 is 4.74 Å². The van der Waals surface area contributed by atoms with Crippen molar-refractivity contribution in [1.82, 2.24) is 28.8 Å². The van der Waals surface area contributed by atoms with Gasteiger partial charge in [0.2, 0.25) is 0 Å². The topological polar surface area (TPSA) is 61.7 Å². The van der Waals surface area contributed by atoms with E-state index in [-0.39, 0.29) is 0 Å². The van der Waals surface area contributed by atoms with Crippen LogP contribution in [-0.4, -0.2) is 35.9 Å². The molecule has 0 aliphatic rings. The Kier molecular flexibility index (Phi) is 3.85. The Morgan fingerprint density at radius 2 is 1.90 bits per heavy atom. The largest absolute Gasteiger partial charge is 0.494 e. The zero-order valence-corrected chi connectivity index (χ0v) is 16.3. The van der Waals surface area contributed by atoms with Crippen LogP contribution in [0.4, 0.5) is 0 Å². The van der Waals surface area contributed by atoms with Crippen LogP contribution in [0, 0.1) is 18.8 Å². The van der Waals surface area contributed by atoms with Crippen LogP contribution in [0.25, 0.3) is 22.3 Å². The first-order chi connectivity index (χ1) is 14.1. The van der Waals surface area contributed by atoms with E-state index in [1.54, 1.807) is 28.7 Å². The third-order valence-electron chi connectivity index (χ3n) is 4.83. The summed E-state index contributed by atoms with van der Waals surface area (Å²) in [4.78, 5) is 4.43. The van der Waals surface area contributed by atoms with Crippen LogP contribution in [0.5, 0.6) is 5.75 Å². The summed E-state index contributed by atoms with van der Waals surface area (Å²) in [7, 11) is 3.54. The van der Waals surface area contributed by atoms with E-state index in [1.807, 2.05) is 61.4 Å². The maximum absolute atomic E-state index is 5.64. The van der Waals surface area contributed by atoms with E-state index in [9.17, 15) is 0 Å². The van der Waals surface area contributed by atoms with E-state index in [0.717, 1.165) is 33.5 Å². The zero-order chi connectivity index (χ0) is 20.0. The molecular formula is C22H18N6O. The first-order valence-corrected chi connectivity index (χ1v) is 9.12. The molecule has 0 N–H and O–H groups in total. The van der Waals surface area contributed by atoms with Gasteiger partial charge in [-0.25, -0.2) is 9.50 Å². The molecule has 0 saturated carbocycles. The maximum atomic E-state index is 5.64. The molecule has 0 aromatic carbocycles. The van der Waals surface area contributed by atoms with Crippen LogP contribution in [0.15, 0.2) is 55.4 Å². The normalized spacial score (nSPS) is 11.0. The van der Waals surface area contributed by atoms with Crippen LogP contribution < -0.4 is 4.74 Å². The summed E-state index contributed by atoms with van der Waals surface area (Å²) in [5, 5.41) is 8.72.